The van der Waals surface area contributed by atoms with Gasteiger partial charge in [-0.05, 0) is 57.8 Å². The molecule has 2 aliphatic heterocycles. The highest BCUT2D eigenvalue weighted by Gasteiger charge is 2.42. The van der Waals surface area contributed by atoms with Gasteiger partial charge in [0.1, 0.15) is 25.0 Å². The predicted molar refractivity (Wildman–Crippen MR) is 258 cm³/mol. The number of allylic oxidation sites excluding steroid dienone is 2. The maximum atomic E-state index is 12.8. The summed E-state index contributed by atoms with van der Waals surface area (Å²) in [6, 6.07) is 0.00436. The summed E-state index contributed by atoms with van der Waals surface area (Å²) in [6.45, 7) is 3.20. The summed E-state index contributed by atoms with van der Waals surface area (Å²) in [7, 11) is 1.58. The number of ketones is 1. The molecule has 13 nitrogen and oxygen atoms in total. The molecular formula is C48H92N4O9PS+. The number of thioether (sulfide) groups is 1. The second-order valence-electron chi connectivity index (χ2n) is 19.0. The Bertz CT molecular complexity index is 1290. The van der Waals surface area contributed by atoms with E-state index in [2.05, 4.69) is 29.7 Å². The highest BCUT2D eigenvalue weighted by molar-refractivity contribution is 8.00. The number of phosphoric ester groups is 1. The number of nitrogens with one attached hydrogen (secondary N) is 2. The van der Waals surface area contributed by atoms with Gasteiger partial charge in [0.2, 0.25) is 0 Å². The molecule has 0 aromatic heterocycles. The molecule has 2 amide bonds. The van der Waals surface area contributed by atoms with Crippen LogP contribution in [0, 0.1) is 0 Å². The molecule has 0 aliphatic carbocycles. The number of likely N-dealkylation sites (N-methyl/N-ethyl adjacent to an activating group) is 1. The van der Waals surface area contributed by atoms with Crippen LogP contribution in [0.1, 0.15) is 187 Å². The van der Waals surface area contributed by atoms with Crippen LogP contribution in [-0.4, -0.2) is 117 Å². The quantitative estimate of drug-likeness (QED) is 0.0114. The van der Waals surface area contributed by atoms with Gasteiger partial charge >= 0.3 is 19.8 Å². The van der Waals surface area contributed by atoms with E-state index in [0.717, 1.165) is 102 Å². The molecule has 2 rings (SSSR count). The molecule has 2 heterocycles. The number of Topliss-reactive ketones (excluding diaryl/α,β-unsaturated/α-hetero) is 1. The van der Waals surface area contributed by atoms with E-state index in [9.17, 15) is 23.8 Å². The molecule has 5 N–H and O–H groups in total. The number of unbranched alkanes of at least 4 members (excludes halogenated alkanes) is 20. The third-order valence-corrected chi connectivity index (χ3v) is 14.5. The van der Waals surface area contributed by atoms with E-state index in [1.54, 1.807) is 0 Å². The van der Waals surface area contributed by atoms with Crippen LogP contribution in [0.3, 0.4) is 0 Å². The fraction of sp³-hybridized carbons (Fsp3) is 0.896. The largest absolute Gasteiger partial charge is 0.472 e. The van der Waals surface area contributed by atoms with Gasteiger partial charge in [-0.15, -0.1) is 0 Å². The molecule has 0 aromatic carbocycles. The van der Waals surface area contributed by atoms with Crippen LogP contribution in [0.4, 0.5) is 4.79 Å². The van der Waals surface area contributed by atoms with Crippen molar-refractivity contribution in [3.05, 3.63) is 12.2 Å². The van der Waals surface area contributed by atoms with E-state index in [1.807, 2.05) is 32.9 Å². The Labute approximate surface area is 387 Å². The second-order valence-corrected chi connectivity index (χ2v) is 21.8. The van der Waals surface area contributed by atoms with E-state index in [0.29, 0.717) is 35.7 Å². The minimum absolute atomic E-state index is 0.0617. The summed E-state index contributed by atoms with van der Waals surface area (Å²) in [4.78, 5) is 47.2. The molecule has 0 bridgehead atoms. The molecular weight excluding hydrogens is 840 g/mol. The highest BCUT2D eigenvalue weighted by atomic mass is 32.2. The lowest BCUT2D eigenvalue weighted by Crippen LogP contribution is -2.37. The van der Waals surface area contributed by atoms with Crippen LogP contribution in [0.25, 0.3) is 0 Å². The first-order chi connectivity index (χ1) is 30.3. The SMILES string of the molecule is CCCCCCCC/C=C\CCCCCCCCOC[C@H](COP(=O)(O)OCC[N+](C)(C)C)OC(=O)CCCCCCCCCCC(N)C(=O)CCCC[C@@H]1SC[C@@H]2NC(=O)N[C@@H]21. The van der Waals surface area contributed by atoms with Crippen LogP contribution in [0.2, 0.25) is 0 Å². The first-order valence-corrected chi connectivity index (χ1v) is 27.7. The number of fused-ring (bicyclic) bond motifs is 1. The summed E-state index contributed by atoms with van der Waals surface area (Å²) < 4.78 is 35.1. The molecule has 6 atom stereocenters. The number of nitrogens with two attached hydrogens (primary N) is 1. The highest BCUT2D eigenvalue weighted by Crippen LogP contribution is 2.43. The number of hydrogen-bond donors (Lipinski definition) is 4. The number of amides is 2. The van der Waals surface area contributed by atoms with E-state index >= 15 is 0 Å². The Kier molecular flexibility index (Phi) is 32.6. The van der Waals surface area contributed by atoms with Crippen molar-refractivity contribution >= 4 is 37.4 Å². The van der Waals surface area contributed by atoms with Gasteiger partial charge in [0.25, 0.3) is 0 Å². The third kappa shape index (κ3) is 31.2. The van der Waals surface area contributed by atoms with Crippen molar-refractivity contribution < 1.29 is 46.8 Å². The molecule has 0 spiro atoms. The smallest absolute Gasteiger partial charge is 0.457 e. The number of urea groups is 1. The average Bonchev–Trinajstić information content (AvgIpc) is 3.79. The minimum Gasteiger partial charge on any atom is -0.457 e. The van der Waals surface area contributed by atoms with Gasteiger partial charge in [0.15, 0.2) is 0 Å². The number of rotatable bonds is 43. The number of carbonyl (C=O) groups excluding carboxylic acids is 3. The number of quaternary nitrogens is 1. The van der Waals surface area contributed by atoms with E-state index in [-0.39, 0.29) is 62.2 Å². The van der Waals surface area contributed by atoms with E-state index in [4.69, 9.17) is 24.3 Å². The van der Waals surface area contributed by atoms with Crippen molar-refractivity contribution in [1.29, 1.82) is 0 Å². The molecule has 2 fully saturated rings. The van der Waals surface area contributed by atoms with E-state index in [1.165, 1.54) is 64.2 Å². The van der Waals surface area contributed by atoms with Crippen molar-refractivity contribution in [1.82, 2.24) is 10.6 Å². The Balaban J connectivity index is 1.52. The maximum Gasteiger partial charge on any atom is 0.472 e. The molecule has 2 saturated heterocycles. The van der Waals surface area contributed by atoms with Crippen LogP contribution in [0.15, 0.2) is 12.2 Å². The van der Waals surface area contributed by atoms with Crippen LogP contribution in [-0.2, 0) is 32.7 Å². The predicted octanol–water partition coefficient (Wildman–Crippen LogP) is 10.3. The van der Waals surface area contributed by atoms with Crippen LogP contribution >= 0.6 is 19.6 Å². The molecule has 2 aliphatic rings. The Morgan fingerprint density at radius 1 is 0.778 bits per heavy atom. The minimum atomic E-state index is -4.31. The van der Waals surface area contributed by atoms with Gasteiger partial charge in [0, 0.05) is 30.5 Å². The Morgan fingerprint density at radius 2 is 1.37 bits per heavy atom. The summed E-state index contributed by atoms with van der Waals surface area (Å²) in [6.07, 6.45) is 33.5. The van der Waals surface area contributed by atoms with Crippen molar-refractivity contribution in [2.45, 2.75) is 216 Å². The van der Waals surface area contributed by atoms with Gasteiger partial charge in [-0.3, -0.25) is 18.6 Å². The molecule has 0 saturated carbocycles. The number of phosphoric acid groups is 1. The summed E-state index contributed by atoms with van der Waals surface area (Å²) in [5.74, 6) is 0.748. The third-order valence-electron chi connectivity index (χ3n) is 12.0. The number of esters is 1. The number of hydrogen-bond acceptors (Lipinski definition) is 10. The monoisotopic (exact) mass is 932 g/mol. The zero-order chi connectivity index (χ0) is 46.0. The van der Waals surface area contributed by atoms with Crippen molar-refractivity contribution in [2.75, 3.05) is 59.9 Å². The fourth-order valence-electron chi connectivity index (χ4n) is 8.00. The van der Waals surface area contributed by atoms with E-state index < -0.39 is 13.9 Å². The Hall–Kier alpha value is -1.51. The summed E-state index contributed by atoms with van der Waals surface area (Å²) >= 11 is 1.91. The van der Waals surface area contributed by atoms with Crippen molar-refractivity contribution in [2.24, 2.45) is 5.73 Å². The van der Waals surface area contributed by atoms with Crippen molar-refractivity contribution in [3.63, 3.8) is 0 Å². The first kappa shape index (κ1) is 57.6. The fourth-order valence-corrected chi connectivity index (χ4v) is 10.3. The van der Waals surface area contributed by atoms with Gasteiger partial charge in [0.05, 0.1) is 52.5 Å². The zero-order valence-corrected chi connectivity index (χ0v) is 41.9. The molecule has 15 heteroatoms. The topological polar surface area (TPSA) is 176 Å². The zero-order valence-electron chi connectivity index (χ0n) is 40.2. The van der Waals surface area contributed by atoms with Crippen molar-refractivity contribution in [3.8, 4) is 0 Å². The summed E-state index contributed by atoms with van der Waals surface area (Å²) in [5.41, 5.74) is 6.21. The normalized spacial score (nSPS) is 19.5. The average molecular weight is 932 g/mol. The maximum absolute atomic E-state index is 12.8. The molecule has 63 heavy (non-hydrogen) atoms. The summed E-state index contributed by atoms with van der Waals surface area (Å²) in [5, 5.41) is 6.42. The van der Waals surface area contributed by atoms with Gasteiger partial charge in [-0.1, -0.05) is 128 Å². The molecule has 2 unspecified atom stereocenters. The lowest BCUT2D eigenvalue weighted by molar-refractivity contribution is -0.870. The Morgan fingerprint density at radius 3 is 2.02 bits per heavy atom. The molecule has 0 radical (unpaired) electrons. The molecule has 0 aromatic rings. The first-order valence-electron chi connectivity index (χ1n) is 25.1. The lowest BCUT2D eigenvalue weighted by Gasteiger charge is -2.24. The number of carbonyl (C=O) groups is 3. The number of ether oxygens (including phenoxy) is 2. The van der Waals surface area contributed by atoms with Gasteiger partial charge in [-0.2, -0.15) is 11.8 Å². The second kappa shape index (κ2) is 35.7. The molecule has 368 valence electrons. The standard InChI is InChI=1S/C48H91N4O9PS/c1-5-6-7-8-9-10-11-12-13-14-15-16-19-22-25-30-36-58-38-41(39-60-62(56,57)59-37-35-52(2,3)4)61-46(54)34-27-24-21-18-17-20-23-26-31-42(49)44(53)32-28-29-33-45-47-43(40-63-45)50-48(55)51-47/h12-13,41-43,45,47H,5-11,14-40,49H2,1-4H3,(H2-,50,51,55,56,57)/p+1/b13-12-/t41-,42?,43+,45+,47+/m1/s1. The van der Waals surface area contributed by atoms with Gasteiger partial charge < -0.3 is 35.2 Å². The lowest BCUT2D eigenvalue weighted by atomic mass is 9.98. The number of nitrogens with zero attached hydrogens (tertiary/aromatic N) is 1. The van der Waals surface area contributed by atoms with Gasteiger partial charge in [-0.25, -0.2) is 9.36 Å². The van der Waals surface area contributed by atoms with Crippen LogP contribution in [0.5, 0.6) is 0 Å². The van der Waals surface area contributed by atoms with Crippen LogP contribution < -0.4 is 16.4 Å².